The summed E-state index contributed by atoms with van der Waals surface area (Å²) in [5.41, 5.74) is 29.9. The van der Waals surface area contributed by atoms with Gasteiger partial charge in [-0.25, -0.2) is 9.97 Å². The Labute approximate surface area is 604 Å². The topological polar surface area (TPSA) is 58.0 Å². The Morgan fingerprint density at radius 1 is 0.184 bits per heavy atom. The molecule has 0 amide bonds. The molecule has 17 rings (SSSR count). The third-order valence-electron chi connectivity index (χ3n) is 19.0. The number of fused-ring (bicyclic) bond motifs is 2. The first kappa shape index (κ1) is 63.0. The molecule has 0 bridgehead atoms. The van der Waals surface area contributed by atoms with Gasteiger partial charge in [0, 0.05) is 56.4 Å². The second kappa shape index (κ2) is 28.8. The lowest BCUT2D eigenvalue weighted by Gasteiger charge is -2.26. The van der Waals surface area contributed by atoms with E-state index < -0.39 is 0 Å². The molecular formula is C96H66N6S. The van der Waals surface area contributed by atoms with Gasteiger partial charge in [0.1, 0.15) is 22.1 Å². The Morgan fingerprint density at radius 3 is 0.641 bits per heavy atom. The molecule has 0 saturated heterocycles. The molecule has 0 atom stereocenters. The van der Waals surface area contributed by atoms with E-state index in [0.717, 1.165) is 157 Å². The van der Waals surface area contributed by atoms with E-state index in [4.69, 9.17) is 18.7 Å². The van der Waals surface area contributed by atoms with Crippen molar-refractivity contribution in [2.24, 2.45) is 0 Å². The molecule has 486 valence electrons. The normalized spacial score (nSPS) is 11.1. The van der Waals surface area contributed by atoms with Crippen molar-refractivity contribution in [3.05, 3.63) is 445 Å². The van der Waals surface area contributed by atoms with E-state index in [0.29, 0.717) is 0 Å². The van der Waals surface area contributed by atoms with E-state index >= 15 is 0 Å². The fourth-order valence-electron chi connectivity index (χ4n) is 14.3. The van der Waals surface area contributed by atoms with Gasteiger partial charge in [0.15, 0.2) is 0 Å². The molecule has 0 spiro atoms. The maximum Gasteiger partial charge on any atom is 0.115 e. The molecule has 0 saturated carbocycles. The van der Waals surface area contributed by atoms with Gasteiger partial charge in [0.25, 0.3) is 0 Å². The molecule has 2 heterocycles. The molecule has 7 heteroatoms. The van der Waals surface area contributed by atoms with Gasteiger partial charge < -0.3 is 9.80 Å². The molecule has 0 unspecified atom stereocenters. The average molecular weight is 1340 g/mol. The van der Waals surface area contributed by atoms with Gasteiger partial charge in [-0.1, -0.05) is 328 Å². The third kappa shape index (κ3) is 12.7. The summed E-state index contributed by atoms with van der Waals surface area (Å²) in [7, 11) is 0. The highest BCUT2D eigenvalue weighted by Gasteiger charge is 2.27. The third-order valence-corrected chi connectivity index (χ3v) is 19.5. The first-order valence-electron chi connectivity index (χ1n) is 34.7. The zero-order valence-corrected chi connectivity index (χ0v) is 57.0. The number of hydrogen-bond donors (Lipinski definition) is 0. The maximum absolute atomic E-state index is 5.82. The van der Waals surface area contributed by atoms with Gasteiger partial charge in [-0.15, -0.1) is 0 Å². The van der Waals surface area contributed by atoms with Crippen molar-refractivity contribution in [3.63, 3.8) is 0 Å². The quantitative estimate of drug-likeness (QED) is 0.0798. The van der Waals surface area contributed by atoms with Crippen molar-refractivity contribution in [2.45, 2.75) is 0 Å². The van der Waals surface area contributed by atoms with Crippen LogP contribution in [0.3, 0.4) is 0 Å². The first-order chi connectivity index (χ1) is 51.1. The number of rotatable bonds is 18. The number of benzene rings is 15. The molecule has 103 heavy (non-hydrogen) atoms. The number of hydrogen-bond acceptors (Lipinski definition) is 7. The summed E-state index contributed by atoms with van der Waals surface area (Å²) in [6.07, 6.45) is 0. The summed E-state index contributed by atoms with van der Waals surface area (Å²) in [4.78, 5) is 16.3. The van der Waals surface area contributed by atoms with E-state index in [-0.39, 0.29) is 0 Å². The van der Waals surface area contributed by atoms with Gasteiger partial charge in [-0.05, 0) is 151 Å². The molecule has 0 N–H and O–H groups in total. The Morgan fingerprint density at radius 2 is 0.388 bits per heavy atom. The minimum atomic E-state index is 0.728. The van der Waals surface area contributed by atoms with E-state index in [1.165, 1.54) is 22.9 Å². The monoisotopic (exact) mass is 1330 g/mol. The molecule has 17 aromatic rings. The second-order valence-corrected chi connectivity index (χ2v) is 25.8. The summed E-state index contributed by atoms with van der Waals surface area (Å²) < 4.78 is 10.4. The number of aromatic nitrogens is 4. The number of nitrogens with zero attached hydrogens (tertiary/aromatic N) is 6. The van der Waals surface area contributed by atoms with Crippen LogP contribution in [0.15, 0.2) is 400 Å². The van der Waals surface area contributed by atoms with Gasteiger partial charge in [0.05, 0.1) is 23.1 Å². The van der Waals surface area contributed by atoms with E-state index in [1.807, 2.05) is 12.1 Å². The number of anilines is 6. The van der Waals surface area contributed by atoms with Crippen molar-refractivity contribution in [1.82, 2.24) is 18.7 Å². The lowest BCUT2D eigenvalue weighted by Crippen LogP contribution is -2.10. The van der Waals surface area contributed by atoms with E-state index in [2.05, 4.69) is 398 Å². The van der Waals surface area contributed by atoms with Gasteiger partial charge >= 0.3 is 0 Å². The highest BCUT2D eigenvalue weighted by Crippen LogP contribution is 2.48. The fraction of sp³-hybridized carbons (Fsp3) is 0. The fourth-order valence-corrected chi connectivity index (χ4v) is 14.8. The lowest BCUT2D eigenvalue weighted by molar-refractivity contribution is 1.28. The van der Waals surface area contributed by atoms with Crippen LogP contribution in [0.2, 0.25) is 0 Å². The summed E-state index contributed by atoms with van der Waals surface area (Å²) >= 11 is 1.21. The van der Waals surface area contributed by atoms with E-state index in [9.17, 15) is 0 Å². The molecule has 0 aliphatic carbocycles. The highest BCUT2D eigenvalue weighted by atomic mass is 32.1. The van der Waals surface area contributed by atoms with Crippen LogP contribution in [0.25, 0.3) is 89.1 Å². The van der Waals surface area contributed by atoms with Crippen LogP contribution in [-0.2, 0) is 0 Å². The summed E-state index contributed by atoms with van der Waals surface area (Å²) in [6, 6.07) is 142. The molecule has 6 nitrogen and oxygen atoms in total. The Hall–Kier alpha value is -13.5. The maximum atomic E-state index is 5.82. The molecule has 0 radical (unpaired) electrons. The predicted molar refractivity (Wildman–Crippen MR) is 430 cm³/mol. The van der Waals surface area contributed by atoms with Crippen LogP contribution in [0.4, 0.5) is 34.1 Å². The molecule has 2 aromatic heterocycles. The predicted octanol–water partition coefficient (Wildman–Crippen LogP) is 25.3. The average Bonchev–Trinajstić information content (AvgIpc) is 1.72. The smallest absolute Gasteiger partial charge is 0.115 e. The van der Waals surface area contributed by atoms with Crippen LogP contribution in [0.1, 0.15) is 44.5 Å². The van der Waals surface area contributed by atoms with Crippen molar-refractivity contribution < 1.29 is 0 Å². The standard InChI is InChI=1S/C96H66N6S/c1-11-31-67(32-12-1)85(68-33-13-2-14-34-68)87(71-39-19-5-20-40-71)73-51-59-81(60-52-73)101(79-47-27-9-28-48-79)83-63-55-75(56-64-83)89-93-94(98-92(78-45-25-8-26-46-78)91(97-93)77-43-23-7-24-44-77)90(96-95(89)99-103-100-96)76-57-65-84(66-58-76)102(80-49-29-10-30-50-80)82-61-53-74(54-62-82)88(72-41-21-6-22-42-72)86(69-35-15-3-16-36-69)70-37-17-4-18-38-70/h1-66H. The van der Waals surface area contributed by atoms with Crippen LogP contribution in [0, 0.1) is 0 Å². The summed E-state index contributed by atoms with van der Waals surface area (Å²) in [6.45, 7) is 0. The molecule has 0 aliphatic heterocycles. The van der Waals surface area contributed by atoms with Crippen molar-refractivity contribution in [3.8, 4) is 44.8 Å². The van der Waals surface area contributed by atoms with Crippen LogP contribution < -0.4 is 9.80 Å². The minimum Gasteiger partial charge on any atom is -0.311 e. The highest BCUT2D eigenvalue weighted by molar-refractivity contribution is 7.00. The SMILES string of the molecule is c1ccc(C(=C(c2ccccc2)c2ccc(N(c3ccccc3)c3ccc(-c4c5nsnc5c(-c5ccc(N(c6ccccc6)c6ccc(C(=C(c7ccccc7)c7ccccc7)c7ccccc7)cc6)cc5)c5nc(-c6ccccc6)c(-c6ccccc6)nc45)cc3)cc2)c2ccccc2)cc1. The molecule has 15 aromatic carbocycles. The first-order valence-corrected chi connectivity index (χ1v) is 35.4. The van der Waals surface area contributed by atoms with Crippen molar-refractivity contribution in [1.29, 1.82) is 0 Å². The minimum absolute atomic E-state index is 0.728. The lowest BCUT2D eigenvalue weighted by atomic mass is 9.86. The van der Waals surface area contributed by atoms with Crippen LogP contribution >= 0.6 is 11.7 Å². The van der Waals surface area contributed by atoms with Gasteiger partial charge in [0.2, 0.25) is 0 Å². The van der Waals surface area contributed by atoms with E-state index in [1.54, 1.807) is 0 Å². The zero-order valence-electron chi connectivity index (χ0n) is 56.2. The largest absolute Gasteiger partial charge is 0.311 e. The zero-order chi connectivity index (χ0) is 68.7. The molecular weight excluding hydrogens is 1270 g/mol. The van der Waals surface area contributed by atoms with Gasteiger partial charge in [-0.3, -0.25) is 0 Å². The second-order valence-electron chi connectivity index (χ2n) is 25.3. The number of para-hydroxylation sites is 2. The molecule has 0 aliphatic rings. The van der Waals surface area contributed by atoms with Crippen molar-refractivity contribution >= 4 is 90.2 Å². The van der Waals surface area contributed by atoms with Crippen LogP contribution in [-0.4, -0.2) is 18.7 Å². The van der Waals surface area contributed by atoms with Gasteiger partial charge in [-0.2, -0.15) is 8.75 Å². The Bertz CT molecular complexity index is 5360. The molecule has 0 fully saturated rings. The Kier molecular flexibility index (Phi) is 17.6. The van der Waals surface area contributed by atoms with Crippen LogP contribution in [0.5, 0.6) is 0 Å². The summed E-state index contributed by atoms with van der Waals surface area (Å²) in [5, 5.41) is 0. The van der Waals surface area contributed by atoms with Crippen molar-refractivity contribution in [2.75, 3.05) is 9.80 Å². The Balaban J connectivity index is 0.791. The summed E-state index contributed by atoms with van der Waals surface area (Å²) in [5.74, 6) is 0.